The van der Waals surface area contributed by atoms with E-state index in [2.05, 4.69) is 17.1 Å². The lowest BCUT2D eigenvalue weighted by molar-refractivity contribution is -0.133. The van der Waals surface area contributed by atoms with Crippen LogP contribution in [0.2, 0.25) is 5.02 Å². The summed E-state index contributed by atoms with van der Waals surface area (Å²) < 4.78 is 5.44. The van der Waals surface area contributed by atoms with Gasteiger partial charge in [-0.1, -0.05) is 18.5 Å². The van der Waals surface area contributed by atoms with Crippen LogP contribution in [0, 0.1) is 5.92 Å². The lowest BCUT2D eigenvalue weighted by Crippen LogP contribution is -2.46. The van der Waals surface area contributed by atoms with Crippen molar-refractivity contribution in [3.63, 3.8) is 0 Å². The predicted molar refractivity (Wildman–Crippen MR) is 103 cm³/mol. The van der Waals surface area contributed by atoms with Gasteiger partial charge in [-0.15, -0.1) is 0 Å². The number of anilines is 2. The summed E-state index contributed by atoms with van der Waals surface area (Å²) in [5.41, 5.74) is 2.00. The van der Waals surface area contributed by atoms with Crippen LogP contribution in [0.4, 0.5) is 11.4 Å². The highest BCUT2D eigenvalue weighted by Crippen LogP contribution is 2.30. The minimum atomic E-state index is -0.274. The van der Waals surface area contributed by atoms with Crippen molar-refractivity contribution >= 4 is 28.9 Å². The number of rotatable bonds is 4. The number of ether oxygens (including phenoxy) is 1. The van der Waals surface area contributed by atoms with Gasteiger partial charge in [-0.2, -0.15) is 0 Å². The maximum atomic E-state index is 12.8. The van der Waals surface area contributed by atoms with E-state index in [-0.39, 0.29) is 11.9 Å². The van der Waals surface area contributed by atoms with E-state index < -0.39 is 0 Å². The van der Waals surface area contributed by atoms with Crippen molar-refractivity contribution in [3.05, 3.63) is 23.2 Å². The molecule has 0 radical (unpaired) electrons. The van der Waals surface area contributed by atoms with E-state index in [1.54, 1.807) is 0 Å². The average molecular weight is 366 g/mol. The average Bonchev–Trinajstić information content (AvgIpc) is 2.62. The Balaban J connectivity index is 1.72. The Morgan fingerprint density at radius 1 is 1.32 bits per heavy atom. The molecule has 0 aromatic heterocycles. The van der Waals surface area contributed by atoms with Crippen molar-refractivity contribution in [2.24, 2.45) is 5.92 Å². The molecular weight excluding hydrogens is 338 g/mol. The zero-order chi connectivity index (χ0) is 17.8. The molecule has 1 aromatic rings. The van der Waals surface area contributed by atoms with Gasteiger partial charge >= 0.3 is 0 Å². The van der Waals surface area contributed by atoms with E-state index in [9.17, 15) is 4.79 Å². The van der Waals surface area contributed by atoms with Gasteiger partial charge in [0.25, 0.3) is 0 Å². The van der Waals surface area contributed by atoms with Crippen LogP contribution in [0.25, 0.3) is 0 Å². The molecule has 6 heteroatoms. The van der Waals surface area contributed by atoms with E-state index in [4.69, 9.17) is 16.3 Å². The molecule has 0 unspecified atom stereocenters. The van der Waals surface area contributed by atoms with Crippen LogP contribution in [0.15, 0.2) is 18.2 Å². The van der Waals surface area contributed by atoms with Crippen LogP contribution < -0.4 is 10.2 Å². The molecule has 2 aliphatic heterocycles. The summed E-state index contributed by atoms with van der Waals surface area (Å²) in [6.45, 7) is 9.02. The summed E-state index contributed by atoms with van der Waals surface area (Å²) in [6, 6.07) is 5.56. The van der Waals surface area contributed by atoms with Crippen molar-refractivity contribution in [3.8, 4) is 0 Å². The third kappa shape index (κ3) is 4.59. The van der Waals surface area contributed by atoms with Gasteiger partial charge in [-0.05, 0) is 43.9 Å². The molecule has 25 heavy (non-hydrogen) atoms. The SMILES string of the molecule is C[C@@H]1CCCN(C(=O)[C@@H](C)Nc2cc(Cl)ccc2N2CCOCC2)C1. The minimum Gasteiger partial charge on any atom is -0.378 e. The number of halogens is 1. The van der Waals surface area contributed by atoms with Crippen molar-refractivity contribution in [1.29, 1.82) is 0 Å². The zero-order valence-electron chi connectivity index (χ0n) is 15.1. The fourth-order valence-corrected chi connectivity index (χ4v) is 3.83. The number of hydrogen-bond acceptors (Lipinski definition) is 4. The topological polar surface area (TPSA) is 44.8 Å². The summed E-state index contributed by atoms with van der Waals surface area (Å²) >= 11 is 6.21. The molecule has 1 N–H and O–H groups in total. The smallest absolute Gasteiger partial charge is 0.244 e. The highest BCUT2D eigenvalue weighted by molar-refractivity contribution is 6.31. The van der Waals surface area contributed by atoms with Crippen molar-refractivity contribution in [2.45, 2.75) is 32.7 Å². The van der Waals surface area contributed by atoms with Gasteiger partial charge in [-0.3, -0.25) is 4.79 Å². The molecule has 2 heterocycles. The van der Waals surface area contributed by atoms with Gasteiger partial charge in [0.05, 0.1) is 24.6 Å². The fraction of sp³-hybridized carbons (Fsp3) is 0.632. The number of nitrogens with zero attached hydrogens (tertiary/aromatic N) is 2. The standard InChI is InChI=1S/C19H28ClN3O2/c1-14-4-3-7-23(13-14)19(24)15(2)21-17-12-16(20)5-6-18(17)22-8-10-25-11-9-22/h5-6,12,14-15,21H,3-4,7-11,13H2,1-2H3/t14-,15-/m1/s1. The number of benzene rings is 1. The van der Waals surface area contributed by atoms with Gasteiger partial charge in [0.15, 0.2) is 0 Å². The highest BCUT2D eigenvalue weighted by Gasteiger charge is 2.26. The van der Waals surface area contributed by atoms with Crippen LogP contribution in [0.5, 0.6) is 0 Å². The Labute approximate surface area is 155 Å². The van der Waals surface area contributed by atoms with E-state index in [0.717, 1.165) is 57.2 Å². The number of piperidine rings is 1. The fourth-order valence-electron chi connectivity index (χ4n) is 3.66. The highest BCUT2D eigenvalue weighted by atomic mass is 35.5. The van der Waals surface area contributed by atoms with Crippen LogP contribution >= 0.6 is 11.6 Å². The van der Waals surface area contributed by atoms with Gasteiger partial charge in [0, 0.05) is 31.2 Å². The van der Waals surface area contributed by atoms with E-state index in [1.165, 1.54) is 6.42 Å². The molecule has 2 saturated heterocycles. The summed E-state index contributed by atoms with van der Waals surface area (Å²) in [4.78, 5) is 17.1. The number of nitrogens with one attached hydrogen (secondary N) is 1. The Bertz CT molecular complexity index is 604. The molecule has 138 valence electrons. The number of morpholine rings is 1. The second kappa shape index (κ2) is 8.28. The molecule has 2 aliphatic rings. The Kier molecular flexibility index (Phi) is 6.07. The zero-order valence-corrected chi connectivity index (χ0v) is 15.9. The second-order valence-corrected chi connectivity index (χ2v) is 7.60. The maximum Gasteiger partial charge on any atom is 0.244 e. The summed E-state index contributed by atoms with van der Waals surface area (Å²) in [5, 5.41) is 4.07. The largest absolute Gasteiger partial charge is 0.378 e. The molecule has 3 rings (SSSR count). The second-order valence-electron chi connectivity index (χ2n) is 7.16. The van der Waals surface area contributed by atoms with Crippen LogP contribution in [0.1, 0.15) is 26.7 Å². The van der Waals surface area contributed by atoms with Crippen molar-refractivity contribution in [1.82, 2.24) is 4.90 Å². The molecule has 0 spiro atoms. The third-order valence-corrected chi connectivity index (χ3v) is 5.26. The summed E-state index contributed by atoms with van der Waals surface area (Å²) in [5.74, 6) is 0.749. The first-order chi connectivity index (χ1) is 12.0. The van der Waals surface area contributed by atoms with Crippen LogP contribution in [-0.4, -0.2) is 56.2 Å². The van der Waals surface area contributed by atoms with Crippen LogP contribution in [-0.2, 0) is 9.53 Å². The normalized spacial score (nSPS) is 22.6. The minimum absolute atomic E-state index is 0.166. The molecule has 2 fully saturated rings. The number of carbonyl (C=O) groups is 1. The molecule has 0 saturated carbocycles. The molecular formula is C19H28ClN3O2. The third-order valence-electron chi connectivity index (χ3n) is 5.02. The quantitative estimate of drug-likeness (QED) is 0.889. The van der Waals surface area contributed by atoms with Gasteiger partial charge in [0.1, 0.15) is 6.04 Å². The van der Waals surface area contributed by atoms with E-state index >= 15 is 0 Å². The lowest BCUT2D eigenvalue weighted by Gasteiger charge is -2.34. The lowest BCUT2D eigenvalue weighted by atomic mass is 10.00. The van der Waals surface area contributed by atoms with Gasteiger partial charge < -0.3 is 19.9 Å². The van der Waals surface area contributed by atoms with Crippen LogP contribution in [0.3, 0.4) is 0 Å². The van der Waals surface area contributed by atoms with E-state index in [1.807, 2.05) is 30.0 Å². The molecule has 1 aromatic carbocycles. The first-order valence-electron chi connectivity index (χ1n) is 9.22. The number of likely N-dealkylation sites (tertiary alicyclic amines) is 1. The van der Waals surface area contributed by atoms with E-state index in [0.29, 0.717) is 10.9 Å². The number of amides is 1. The number of carbonyl (C=O) groups excluding carboxylic acids is 1. The van der Waals surface area contributed by atoms with Crippen molar-refractivity contribution < 1.29 is 9.53 Å². The molecule has 0 aliphatic carbocycles. The van der Waals surface area contributed by atoms with Crippen molar-refractivity contribution in [2.75, 3.05) is 49.6 Å². The molecule has 0 bridgehead atoms. The first kappa shape index (κ1) is 18.3. The molecule has 2 atom stereocenters. The molecule has 1 amide bonds. The number of hydrogen-bond donors (Lipinski definition) is 1. The van der Waals surface area contributed by atoms with Gasteiger partial charge in [-0.25, -0.2) is 0 Å². The first-order valence-corrected chi connectivity index (χ1v) is 9.60. The monoisotopic (exact) mass is 365 g/mol. The Morgan fingerprint density at radius 3 is 2.80 bits per heavy atom. The Morgan fingerprint density at radius 2 is 2.08 bits per heavy atom. The summed E-state index contributed by atoms with van der Waals surface area (Å²) in [7, 11) is 0. The Hall–Kier alpha value is -1.46. The summed E-state index contributed by atoms with van der Waals surface area (Å²) in [6.07, 6.45) is 2.30. The predicted octanol–water partition coefficient (Wildman–Crippen LogP) is 3.24. The maximum absolute atomic E-state index is 12.8. The van der Waals surface area contributed by atoms with Gasteiger partial charge in [0.2, 0.25) is 5.91 Å². The molecule has 5 nitrogen and oxygen atoms in total.